The molecule has 0 saturated carbocycles. The molecule has 0 aliphatic rings. The Morgan fingerprint density at radius 1 is 1.42 bits per heavy atom. The van der Waals surface area contributed by atoms with Crippen molar-refractivity contribution in [2.75, 3.05) is 13.7 Å². The number of fused-ring (bicyclic) bond motifs is 1. The highest BCUT2D eigenvalue weighted by molar-refractivity contribution is 6.36. The van der Waals surface area contributed by atoms with Gasteiger partial charge in [-0.3, -0.25) is 0 Å². The Morgan fingerprint density at radius 3 is 2.79 bits per heavy atom. The van der Waals surface area contributed by atoms with E-state index in [0.717, 1.165) is 0 Å². The normalized spacial score (nSPS) is 10.5. The van der Waals surface area contributed by atoms with E-state index >= 15 is 0 Å². The molecule has 0 aliphatic heterocycles. The first-order chi connectivity index (χ1) is 9.02. The van der Waals surface area contributed by atoms with E-state index in [1.807, 2.05) is 0 Å². The van der Waals surface area contributed by atoms with Crippen LogP contribution >= 0.6 is 11.6 Å². The smallest absolute Gasteiger partial charge is 0.341 e. The maximum atomic E-state index is 10.6. The Kier molecular flexibility index (Phi) is 3.76. The van der Waals surface area contributed by atoms with Gasteiger partial charge in [0.25, 0.3) is 0 Å². The number of halogens is 1. The number of aromatic nitrogens is 1. The lowest BCUT2D eigenvalue weighted by Gasteiger charge is -2.12. The number of hydrogen-bond acceptors (Lipinski definition) is 4. The number of aliphatic carboxylic acids is 1. The van der Waals surface area contributed by atoms with Gasteiger partial charge in [-0.25, -0.2) is 9.78 Å². The van der Waals surface area contributed by atoms with Crippen molar-refractivity contribution in [3.05, 3.63) is 28.9 Å². The summed E-state index contributed by atoms with van der Waals surface area (Å²) in [5.41, 5.74) is 1.24. The number of carboxylic acid groups (broad SMARTS) is 1. The number of aryl methyl sites for hydroxylation is 1. The summed E-state index contributed by atoms with van der Waals surface area (Å²) in [5, 5.41) is 9.67. The molecule has 6 heteroatoms. The lowest BCUT2D eigenvalue weighted by atomic mass is 10.1. The maximum Gasteiger partial charge on any atom is 0.341 e. The molecule has 19 heavy (non-hydrogen) atoms. The van der Waals surface area contributed by atoms with E-state index in [-0.39, 0.29) is 0 Å². The summed E-state index contributed by atoms with van der Waals surface area (Å²) in [5.74, 6) is -0.112. The Morgan fingerprint density at radius 2 is 2.16 bits per heavy atom. The standard InChI is InChI=1S/C13H12ClNO4/c1-7-5-10(19-6-11(16)17)12-8(14)3-4-9(18-2)13(12)15-7/h3-5H,6H2,1-2H3,(H,16,17). The van der Waals surface area contributed by atoms with Gasteiger partial charge < -0.3 is 14.6 Å². The molecule has 2 aromatic rings. The summed E-state index contributed by atoms with van der Waals surface area (Å²) in [4.78, 5) is 15.0. The van der Waals surface area contributed by atoms with Crippen molar-refractivity contribution in [2.24, 2.45) is 0 Å². The van der Waals surface area contributed by atoms with Crippen LogP contribution in [0, 0.1) is 6.92 Å². The SMILES string of the molecule is COc1ccc(Cl)c2c(OCC(=O)O)cc(C)nc12. The molecule has 0 radical (unpaired) electrons. The Bertz CT molecular complexity index is 642. The third-order valence-electron chi connectivity index (χ3n) is 2.54. The number of ether oxygens (including phenoxy) is 2. The van der Waals surface area contributed by atoms with Crippen LogP contribution in [0.4, 0.5) is 0 Å². The predicted molar refractivity (Wildman–Crippen MR) is 71.2 cm³/mol. The van der Waals surface area contributed by atoms with Crippen molar-refractivity contribution < 1.29 is 19.4 Å². The molecule has 1 heterocycles. The van der Waals surface area contributed by atoms with E-state index in [1.54, 1.807) is 25.1 Å². The molecule has 2 rings (SSSR count). The van der Waals surface area contributed by atoms with Gasteiger partial charge in [0.05, 0.1) is 17.5 Å². The summed E-state index contributed by atoms with van der Waals surface area (Å²) in [6.07, 6.45) is 0. The third kappa shape index (κ3) is 2.71. The molecule has 100 valence electrons. The zero-order valence-corrected chi connectivity index (χ0v) is 11.2. The van der Waals surface area contributed by atoms with Gasteiger partial charge in [0.1, 0.15) is 17.0 Å². The molecule has 5 nitrogen and oxygen atoms in total. The quantitative estimate of drug-likeness (QED) is 0.933. The van der Waals surface area contributed by atoms with Crippen LogP contribution < -0.4 is 9.47 Å². The molecular weight excluding hydrogens is 270 g/mol. The average molecular weight is 282 g/mol. The number of nitrogens with zero attached hydrogens (tertiary/aromatic N) is 1. The number of pyridine rings is 1. The second kappa shape index (κ2) is 5.32. The fraction of sp³-hybridized carbons (Fsp3) is 0.231. The van der Waals surface area contributed by atoms with Crippen LogP contribution in [0.2, 0.25) is 5.02 Å². The van der Waals surface area contributed by atoms with E-state index in [1.165, 1.54) is 7.11 Å². The van der Waals surface area contributed by atoms with Gasteiger partial charge in [0.15, 0.2) is 6.61 Å². The first kappa shape index (κ1) is 13.4. The maximum absolute atomic E-state index is 10.6. The Labute approximate surface area is 114 Å². The van der Waals surface area contributed by atoms with Gasteiger partial charge in [0.2, 0.25) is 0 Å². The Balaban J connectivity index is 2.65. The average Bonchev–Trinajstić information content (AvgIpc) is 2.36. The van der Waals surface area contributed by atoms with Gasteiger partial charge in [-0.15, -0.1) is 0 Å². The van der Waals surface area contributed by atoms with Gasteiger partial charge in [-0.05, 0) is 19.1 Å². The lowest BCUT2D eigenvalue weighted by Crippen LogP contribution is -2.10. The van der Waals surface area contributed by atoms with Crippen LogP contribution in [0.3, 0.4) is 0 Å². The molecule has 0 unspecified atom stereocenters. The highest BCUT2D eigenvalue weighted by Gasteiger charge is 2.14. The van der Waals surface area contributed by atoms with Gasteiger partial charge >= 0.3 is 5.97 Å². The minimum Gasteiger partial charge on any atom is -0.494 e. The first-order valence-corrected chi connectivity index (χ1v) is 5.89. The van der Waals surface area contributed by atoms with Crippen LogP contribution in [0.5, 0.6) is 11.5 Å². The van der Waals surface area contributed by atoms with Crippen molar-refractivity contribution in [1.29, 1.82) is 0 Å². The highest BCUT2D eigenvalue weighted by Crippen LogP contribution is 2.36. The van der Waals surface area contributed by atoms with E-state index in [9.17, 15) is 4.79 Å². The molecule has 1 aromatic heterocycles. The molecular formula is C13H12ClNO4. The molecule has 0 fully saturated rings. The van der Waals surface area contributed by atoms with Gasteiger partial charge in [0, 0.05) is 11.8 Å². The topological polar surface area (TPSA) is 68.7 Å². The van der Waals surface area contributed by atoms with Crippen molar-refractivity contribution >= 4 is 28.5 Å². The molecule has 0 atom stereocenters. The number of benzene rings is 1. The Hall–Kier alpha value is -2.01. The first-order valence-electron chi connectivity index (χ1n) is 5.51. The number of rotatable bonds is 4. The molecule has 0 amide bonds. The minimum absolute atomic E-state index is 0.383. The number of carbonyl (C=O) groups is 1. The van der Waals surface area contributed by atoms with E-state index in [4.69, 9.17) is 26.2 Å². The predicted octanol–water partition coefficient (Wildman–Crippen LogP) is 2.67. The van der Waals surface area contributed by atoms with Crippen molar-refractivity contribution in [3.63, 3.8) is 0 Å². The summed E-state index contributed by atoms with van der Waals surface area (Å²) in [6.45, 7) is 1.35. The third-order valence-corrected chi connectivity index (χ3v) is 2.85. The lowest BCUT2D eigenvalue weighted by molar-refractivity contribution is -0.139. The zero-order chi connectivity index (χ0) is 14.0. The van der Waals surface area contributed by atoms with Crippen LogP contribution in [-0.2, 0) is 4.79 Å². The number of methoxy groups -OCH3 is 1. The largest absolute Gasteiger partial charge is 0.494 e. The van der Waals surface area contributed by atoms with Crippen LogP contribution in [0.25, 0.3) is 10.9 Å². The molecule has 0 bridgehead atoms. The second-order valence-electron chi connectivity index (χ2n) is 3.92. The number of hydrogen-bond donors (Lipinski definition) is 1. The molecule has 0 aliphatic carbocycles. The molecule has 0 saturated heterocycles. The molecule has 0 spiro atoms. The van der Waals surface area contributed by atoms with Crippen LogP contribution in [0.1, 0.15) is 5.69 Å². The van der Waals surface area contributed by atoms with Crippen molar-refractivity contribution in [1.82, 2.24) is 4.98 Å². The van der Waals surface area contributed by atoms with Gasteiger partial charge in [-0.1, -0.05) is 11.6 Å². The van der Waals surface area contributed by atoms with Crippen LogP contribution in [0.15, 0.2) is 18.2 Å². The van der Waals surface area contributed by atoms with E-state index < -0.39 is 12.6 Å². The van der Waals surface area contributed by atoms with Crippen molar-refractivity contribution in [3.8, 4) is 11.5 Å². The summed E-state index contributed by atoms with van der Waals surface area (Å²) in [6, 6.07) is 5.02. The fourth-order valence-corrected chi connectivity index (χ4v) is 2.03. The second-order valence-corrected chi connectivity index (χ2v) is 4.32. The molecule has 1 N–H and O–H groups in total. The van der Waals surface area contributed by atoms with Crippen LogP contribution in [-0.4, -0.2) is 29.8 Å². The minimum atomic E-state index is -1.05. The summed E-state index contributed by atoms with van der Waals surface area (Å²) >= 11 is 6.14. The highest BCUT2D eigenvalue weighted by atomic mass is 35.5. The summed E-state index contributed by atoms with van der Waals surface area (Å²) < 4.78 is 10.5. The number of carboxylic acids is 1. The van der Waals surface area contributed by atoms with E-state index in [2.05, 4.69) is 4.98 Å². The fourth-order valence-electron chi connectivity index (χ4n) is 1.78. The summed E-state index contributed by atoms with van der Waals surface area (Å²) in [7, 11) is 1.53. The molecule has 1 aromatic carbocycles. The zero-order valence-electron chi connectivity index (χ0n) is 10.4. The van der Waals surface area contributed by atoms with Gasteiger partial charge in [-0.2, -0.15) is 0 Å². The monoisotopic (exact) mass is 281 g/mol. The van der Waals surface area contributed by atoms with Crippen molar-refractivity contribution in [2.45, 2.75) is 6.92 Å². The van der Waals surface area contributed by atoms with E-state index in [0.29, 0.717) is 33.1 Å².